The first-order valence-electron chi connectivity index (χ1n) is 2.41. The maximum absolute atomic E-state index is 5.00. The minimum Gasteiger partial charge on any atom is -0.372 e. The lowest BCUT2D eigenvalue weighted by atomic mass is 10.1. The molecule has 0 saturated carbocycles. The van der Waals surface area contributed by atoms with E-state index in [9.17, 15) is 0 Å². The van der Waals surface area contributed by atoms with Gasteiger partial charge in [-0.2, -0.15) is 0 Å². The Balaban J connectivity index is 2.01. The van der Waals surface area contributed by atoms with Crippen LogP contribution in [0, 0.1) is 6.10 Å². The van der Waals surface area contributed by atoms with E-state index in [1.54, 1.807) is 0 Å². The number of hydrogen-bond acceptors (Lipinski definition) is 1. The summed E-state index contributed by atoms with van der Waals surface area (Å²) in [6, 6.07) is 0. The first-order chi connectivity index (χ1) is 2.93. The average molecular weight is 85.1 g/mol. The van der Waals surface area contributed by atoms with Crippen LogP contribution in [0.3, 0.4) is 0 Å². The van der Waals surface area contributed by atoms with Crippen LogP contribution < -0.4 is 0 Å². The highest BCUT2D eigenvalue weighted by atomic mass is 16.5. The summed E-state index contributed by atoms with van der Waals surface area (Å²) in [6.45, 7) is 3.08. The van der Waals surface area contributed by atoms with Crippen LogP contribution in [0.5, 0.6) is 0 Å². The van der Waals surface area contributed by atoms with E-state index < -0.39 is 0 Å². The Labute approximate surface area is 38.3 Å². The molecule has 0 spiro atoms. The molecule has 1 radical (unpaired) electrons. The lowest BCUT2D eigenvalue weighted by Crippen LogP contribution is -2.16. The van der Waals surface area contributed by atoms with Gasteiger partial charge in [-0.05, 0) is 6.42 Å². The van der Waals surface area contributed by atoms with Gasteiger partial charge in [0.05, 0.1) is 12.7 Å². The van der Waals surface area contributed by atoms with Crippen LogP contribution in [0.2, 0.25) is 0 Å². The van der Waals surface area contributed by atoms with Crippen molar-refractivity contribution in [1.82, 2.24) is 0 Å². The van der Waals surface area contributed by atoms with Crippen molar-refractivity contribution in [2.75, 3.05) is 6.61 Å². The van der Waals surface area contributed by atoms with Crippen molar-refractivity contribution >= 4 is 0 Å². The number of hydrogen-bond donors (Lipinski definition) is 0. The standard InChI is InChI=1S/C5H9O/c1-2-5-3-4-6-5/h2-4H2,1H3. The third-order valence-corrected chi connectivity index (χ3v) is 1.08. The topological polar surface area (TPSA) is 9.23 Å². The molecule has 0 bridgehead atoms. The van der Waals surface area contributed by atoms with E-state index in [1.807, 2.05) is 0 Å². The highest BCUT2D eigenvalue weighted by molar-refractivity contribution is 4.83. The molecule has 6 heavy (non-hydrogen) atoms. The van der Waals surface area contributed by atoms with Crippen LogP contribution in [-0.4, -0.2) is 6.61 Å². The Bertz CT molecular complexity index is 36.4. The molecule has 0 aromatic heterocycles. The second kappa shape index (κ2) is 1.61. The summed E-state index contributed by atoms with van der Waals surface area (Å²) < 4.78 is 5.00. The predicted molar refractivity (Wildman–Crippen MR) is 24.1 cm³/mol. The Morgan fingerprint density at radius 2 is 2.50 bits per heavy atom. The molecule has 1 nitrogen and oxygen atoms in total. The second-order valence-electron chi connectivity index (χ2n) is 1.49. The van der Waals surface area contributed by atoms with Crippen LogP contribution in [0.1, 0.15) is 19.8 Å². The van der Waals surface area contributed by atoms with E-state index in [4.69, 9.17) is 4.74 Å². The van der Waals surface area contributed by atoms with Gasteiger partial charge in [0.1, 0.15) is 0 Å². The lowest BCUT2D eigenvalue weighted by Gasteiger charge is -2.22. The van der Waals surface area contributed by atoms with Crippen LogP contribution in [0.25, 0.3) is 0 Å². The fraction of sp³-hybridized carbons (Fsp3) is 0.800. The van der Waals surface area contributed by atoms with Gasteiger partial charge in [-0.15, -0.1) is 0 Å². The molecule has 1 rings (SSSR count). The molecule has 0 atom stereocenters. The summed E-state index contributed by atoms with van der Waals surface area (Å²) in [5, 5.41) is 0. The van der Waals surface area contributed by atoms with Gasteiger partial charge < -0.3 is 4.74 Å². The highest BCUT2D eigenvalue weighted by Crippen LogP contribution is 2.21. The van der Waals surface area contributed by atoms with Gasteiger partial charge in [-0.3, -0.25) is 0 Å². The molecule has 0 unspecified atom stereocenters. The molecule has 1 aliphatic rings. The molecule has 0 aliphatic carbocycles. The van der Waals surface area contributed by atoms with Gasteiger partial charge in [0.15, 0.2) is 0 Å². The van der Waals surface area contributed by atoms with E-state index >= 15 is 0 Å². The van der Waals surface area contributed by atoms with Crippen LogP contribution in [-0.2, 0) is 4.74 Å². The number of ether oxygens (including phenoxy) is 1. The fourth-order valence-corrected chi connectivity index (χ4v) is 0.525. The fourth-order valence-electron chi connectivity index (χ4n) is 0.525. The van der Waals surface area contributed by atoms with Crippen molar-refractivity contribution in [1.29, 1.82) is 0 Å². The minimum atomic E-state index is 0.961. The normalized spacial score (nSPS) is 23.5. The molecule has 0 amide bonds. The molecule has 1 heterocycles. The van der Waals surface area contributed by atoms with E-state index in [0.717, 1.165) is 13.0 Å². The van der Waals surface area contributed by atoms with Crippen molar-refractivity contribution in [3.05, 3.63) is 6.10 Å². The van der Waals surface area contributed by atoms with Crippen molar-refractivity contribution in [3.63, 3.8) is 0 Å². The van der Waals surface area contributed by atoms with Crippen molar-refractivity contribution in [2.45, 2.75) is 19.8 Å². The van der Waals surface area contributed by atoms with Crippen molar-refractivity contribution in [2.24, 2.45) is 0 Å². The van der Waals surface area contributed by atoms with Gasteiger partial charge in [-0.25, -0.2) is 0 Å². The Hall–Kier alpha value is -0.0400. The summed E-state index contributed by atoms with van der Waals surface area (Å²) in [7, 11) is 0. The summed E-state index contributed by atoms with van der Waals surface area (Å²) in [5.41, 5.74) is 0. The van der Waals surface area contributed by atoms with Gasteiger partial charge in [0.2, 0.25) is 0 Å². The first-order valence-corrected chi connectivity index (χ1v) is 2.41. The summed E-state index contributed by atoms with van der Waals surface area (Å²) in [6.07, 6.45) is 3.59. The molecule has 0 N–H and O–H groups in total. The summed E-state index contributed by atoms with van der Waals surface area (Å²) in [4.78, 5) is 0. The third kappa shape index (κ3) is 0.548. The zero-order chi connectivity index (χ0) is 4.41. The average Bonchev–Trinajstić information content (AvgIpc) is 1.31. The maximum Gasteiger partial charge on any atom is 0.0990 e. The zero-order valence-electron chi connectivity index (χ0n) is 4.03. The third-order valence-electron chi connectivity index (χ3n) is 1.08. The zero-order valence-corrected chi connectivity index (χ0v) is 4.03. The van der Waals surface area contributed by atoms with Gasteiger partial charge in [0, 0.05) is 6.42 Å². The molecule has 35 valence electrons. The molecule has 0 aromatic rings. The Kier molecular flexibility index (Phi) is 1.10. The molecule has 1 fully saturated rings. The molecular formula is C5H9O. The summed E-state index contributed by atoms with van der Waals surface area (Å²) >= 11 is 0. The van der Waals surface area contributed by atoms with E-state index in [1.165, 1.54) is 12.5 Å². The van der Waals surface area contributed by atoms with Crippen molar-refractivity contribution in [3.8, 4) is 0 Å². The van der Waals surface area contributed by atoms with Gasteiger partial charge >= 0.3 is 0 Å². The van der Waals surface area contributed by atoms with Crippen LogP contribution >= 0.6 is 0 Å². The largest absolute Gasteiger partial charge is 0.372 e. The van der Waals surface area contributed by atoms with Crippen molar-refractivity contribution < 1.29 is 4.74 Å². The molecular weight excluding hydrogens is 76.1 g/mol. The Morgan fingerprint density at radius 1 is 1.83 bits per heavy atom. The predicted octanol–water partition coefficient (Wildman–Crippen LogP) is 1.35. The van der Waals surface area contributed by atoms with E-state index in [-0.39, 0.29) is 0 Å². The SMILES string of the molecule is CC[C]1CCO1. The minimum absolute atomic E-state index is 0.961. The van der Waals surface area contributed by atoms with Gasteiger partial charge in [0.25, 0.3) is 0 Å². The van der Waals surface area contributed by atoms with E-state index in [2.05, 4.69) is 6.92 Å². The maximum atomic E-state index is 5.00. The smallest absolute Gasteiger partial charge is 0.0990 e. The first kappa shape index (κ1) is 4.13. The van der Waals surface area contributed by atoms with E-state index in [0.29, 0.717) is 0 Å². The van der Waals surface area contributed by atoms with Crippen LogP contribution in [0.15, 0.2) is 0 Å². The monoisotopic (exact) mass is 85.1 g/mol. The highest BCUT2D eigenvalue weighted by Gasteiger charge is 2.15. The second-order valence-corrected chi connectivity index (χ2v) is 1.49. The summed E-state index contributed by atoms with van der Waals surface area (Å²) in [5.74, 6) is 0. The Morgan fingerprint density at radius 3 is 2.50 bits per heavy atom. The molecule has 0 aromatic carbocycles. The van der Waals surface area contributed by atoms with Crippen LogP contribution in [0.4, 0.5) is 0 Å². The lowest BCUT2D eigenvalue weighted by molar-refractivity contribution is 0.0377. The van der Waals surface area contributed by atoms with Gasteiger partial charge in [-0.1, -0.05) is 6.92 Å². The molecule has 1 saturated heterocycles. The molecule has 1 aliphatic heterocycles. The molecule has 1 heteroatoms. The number of rotatable bonds is 1. The quantitative estimate of drug-likeness (QED) is 0.467.